The molecule has 0 bridgehead atoms. The molecular weight excluding hydrogens is 366 g/mol. The first-order valence-electron chi connectivity index (χ1n) is 8.48. The van der Waals surface area contributed by atoms with E-state index >= 15 is 0 Å². The van der Waals surface area contributed by atoms with Gasteiger partial charge in [0.1, 0.15) is 0 Å². The van der Waals surface area contributed by atoms with Crippen LogP contribution in [0.3, 0.4) is 0 Å². The number of rotatable bonds is 6. The summed E-state index contributed by atoms with van der Waals surface area (Å²) in [5.74, 6) is 1.02. The van der Waals surface area contributed by atoms with E-state index in [1.807, 2.05) is 24.3 Å². The van der Waals surface area contributed by atoms with Gasteiger partial charge in [-0.1, -0.05) is 0 Å². The zero-order valence-electron chi connectivity index (χ0n) is 14.7. The average molecular weight is 385 g/mol. The quantitative estimate of drug-likeness (QED) is 0.665. The molecule has 0 aliphatic carbocycles. The summed E-state index contributed by atoms with van der Waals surface area (Å²) in [6, 6.07) is 7.62. The third-order valence-electron chi connectivity index (χ3n) is 4.43. The highest BCUT2D eigenvalue weighted by Gasteiger charge is 2.29. The Morgan fingerprint density at radius 2 is 1.93 bits per heavy atom. The largest absolute Gasteiger partial charge is 0.354 e. The van der Waals surface area contributed by atoms with Gasteiger partial charge >= 0.3 is 0 Å². The van der Waals surface area contributed by atoms with Crippen molar-refractivity contribution in [1.82, 2.24) is 29.5 Å². The van der Waals surface area contributed by atoms with Gasteiger partial charge in [-0.3, -0.25) is 4.98 Å². The van der Waals surface area contributed by atoms with Crippen LogP contribution in [0, 0.1) is 5.92 Å². The lowest BCUT2D eigenvalue weighted by molar-refractivity contribution is 0.402. The highest BCUT2D eigenvalue weighted by atomic mass is 32.2. The van der Waals surface area contributed by atoms with Gasteiger partial charge in [0, 0.05) is 56.8 Å². The number of imidazole rings is 1. The van der Waals surface area contributed by atoms with Crippen LogP contribution in [0.5, 0.6) is 0 Å². The lowest BCUT2D eigenvalue weighted by atomic mass is 10.0. The fourth-order valence-electron chi connectivity index (χ4n) is 2.89. The fourth-order valence-corrected chi connectivity index (χ4v) is 3.98. The summed E-state index contributed by atoms with van der Waals surface area (Å²) >= 11 is 0. The van der Waals surface area contributed by atoms with Crippen LogP contribution in [0.2, 0.25) is 0 Å². The van der Waals surface area contributed by atoms with Crippen LogP contribution >= 0.6 is 0 Å². The molecule has 3 aromatic heterocycles. The Hall–Kier alpha value is -2.85. The van der Waals surface area contributed by atoms with Crippen molar-refractivity contribution in [2.75, 3.05) is 24.5 Å². The van der Waals surface area contributed by atoms with E-state index in [9.17, 15) is 8.42 Å². The van der Waals surface area contributed by atoms with Crippen LogP contribution in [0.1, 0.15) is 0 Å². The molecule has 4 heterocycles. The van der Waals surface area contributed by atoms with E-state index in [2.05, 4.69) is 29.8 Å². The molecule has 1 saturated heterocycles. The molecule has 27 heavy (non-hydrogen) atoms. The van der Waals surface area contributed by atoms with Crippen LogP contribution in [0.4, 0.5) is 5.82 Å². The van der Waals surface area contributed by atoms with Gasteiger partial charge < -0.3 is 9.47 Å². The van der Waals surface area contributed by atoms with Crippen molar-refractivity contribution in [2.24, 2.45) is 13.0 Å². The minimum absolute atomic E-state index is 0.0405. The van der Waals surface area contributed by atoms with Crippen molar-refractivity contribution in [3.05, 3.63) is 49.2 Å². The Morgan fingerprint density at radius 3 is 2.56 bits per heavy atom. The molecule has 1 aliphatic heterocycles. The molecule has 140 valence electrons. The standard InChI is InChI=1S/C17H19N7O2S/c1-23-11-17(19-12-23)27(25,26)20-8-13-9-24(10-13)16-3-2-15(21-22-16)14-4-6-18-7-5-14/h2-7,11-13,20H,8-10H2,1H3. The van der Waals surface area contributed by atoms with Crippen molar-refractivity contribution in [2.45, 2.75) is 5.03 Å². The van der Waals surface area contributed by atoms with E-state index in [0.717, 1.165) is 30.2 Å². The molecule has 9 nitrogen and oxygen atoms in total. The van der Waals surface area contributed by atoms with E-state index in [1.54, 1.807) is 24.0 Å². The second-order valence-corrected chi connectivity index (χ2v) is 8.23. The molecule has 0 saturated carbocycles. The maximum absolute atomic E-state index is 12.2. The monoisotopic (exact) mass is 385 g/mol. The summed E-state index contributed by atoms with van der Waals surface area (Å²) < 4.78 is 28.6. The molecule has 0 unspecified atom stereocenters. The zero-order valence-corrected chi connectivity index (χ0v) is 15.5. The first kappa shape index (κ1) is 17.6. The lowest BCUT2D eigenvalue weighted by Gasteiger charge is -2.39. The van der Waals surface area contributed by atoms with E-state index in [1.165, 1.54) is 12.5 Å². The van der Waals surface area contributed by atoms with Gasteiger partial charge in [0.2, 0.25) is 0 Å². The van der Waals surface area contributed by atoms with Gasteiger partial charge in [0.15, 0.2) is 10.8 Å². The second-order valence-electron chi connectivity index (χ2n) is 6.51. The average Bonchev–Trinajstić information content (AvgIpc) is 3.09. The zero-order chi connectivity index (χ0) is 18.9. The Bertz CT molecular complexity index is 1010. The maximum Gasteiger partial charge on any atom is 0.259 e. The minimum atomic E-state index is -3.56. The molecule has 0 aromatic carbocycles. The van der Waals surface area contributed by atoms with Gasteiger partial charge in [0.25, 0.3) is 10.0 Å². The number of anilines is 1. The van der Waals surface area contributed by atoms with E-state index in [-0.39, 0.29) is 10.9 Å². The number of sulfonamides is 1. The van der Waals surface area contributed by atoms with Gasteiger partial charge in [-0.2, -0.15) is 0 Å². The molecular formula is C17H19N7O2S. The van der Waals surface area contributed by atoms with Gasteiger partial charge in [-0.05, 0) is 24.3 Å². The van der Waals surface area contributed by atoms with Gasteiger partial charge in [-0.15, -0.1) is 10.2 Å². The number of hydrogen-bond donors (Lipinski definition) is 1. The van der Waals surface area contributed by atoms with E-state index < -0.39 is 10.0 Å². The van der Waals surface area contributed by atoms with Gasteiger partial charge in [-0.25, -0.2) is 18.1 Å². The summed E-state index contributed by atoms with van der Waals surface area (Å²) in [5, 5.41) is 8.58. The van der Waals surface area contributed by atoms with Crippen molar-refractivity contribution in [3.63, 3.8) is 0 Å². The number of pyridine rings is 1. The third-order valence-corrected chi connectivity index (χ3v) is 5.73. The predicted octanol–water partition coefficient (Wildman–Crippen LogP) is 0.687. The molecule has 0 amide bonds. The molecule has 10 heteroatoms. The maximum atomic E-state index is 12.2. The smallest absolute Gasteiger partial charge is 0.259 e. The second kappa shape index (κ2) is 7.05. The van der Waals surface area contributed by atoms with Crippen molar-refractivity contribution in [3.8, 4) is 11.3 Å². The van der Waals surface area contributed by atoms with Gasteiger partial charge in [0.05, 0.1) is 12.0 Å². The summed E-state index contributed by atoms with van der Waals surface area (Å²) in [6.07, 6.45) is 6.39. The normalized spacial score (nSPS) is 14.9. The minimum Gasteiger partial charge on any atom is -0.354 e. The molecule has 0 spiro atoms. The van der Waals surface area contributed by atoms with Crippen molar-refractivity contribution >= 4 is 15.8 Å². The first-order valence-corrected chi connectivity index (χ1v) is 9.96. The topological polar surface area (TPSA) is 106 Å². The molecule has 0 radical (unpaired) electrons. The van der Waals surface area contributed by atoms with Crippen LogP contribution < -0.4 is 9.62 Å². The molecule has 1 aliphatic rings. The molecule has 1 fully saturated rings. The summed E-state index contributed by atoms with van der Waals surface area (Å²) in [5.41, 5.74) is 1.76. The highest BCUT2D eigenvalue weighted by molar-refractivity contribution is 7.89. The van der Waals surface area contributed by atoms with Crippen LogP contribution in [-0.4, -0.2) is 52.8 Å². The van der Waals surface area contributed by atoms with Crippen LogP contribution in [0.15, 0.2) is 54.2 Å². The Balaban J connectivity index is 1.31. The van der Waals surface area contributed by atoms with Crippen LogP contribution in [-0.2, 0) is 17.1 Å². The summed E-state index contributed by atoms with van der Waals surface area (Å²) in [4.78, 5) is 9.95. The van der Waals surface area contributed by atoms with Crippen molar-refractivity contribution in [1.29, 1.82) is 0 Å². The number of nitrogens with one attached hydrogen (secondary N) is 1. The van der Waals surface area contributed by atoms with E-state index in [4.69, 9.17) is 0 Å². The summed E-state index contributed by atoms with van der Waals surface area (Å²) in [6.45, 7) is 1.83. The molecule has 3 aromatic rings. The van der Waals surface area contributed by atoms with E-state index in [0.29, 0.717) is 6.54 Å². The number of aromatic nitrogens is 5. The SMILES string of the molecule is Cn1cnc(S(=O)(=O)NCC2CN(c3ccc(-c4ccncc4)nn3)C2)c1. The molecule has 1 N–H and O–H groups in total. The third kappa shape index (κ3) is 3.81. The Labute approximate surface area is 157 Å². The predicted molar refractivity (Wildman–Crippen MR) is 99.4 cm³/mol. The Kier molecular flexibility index (Phi) is 4.58. The number of aryl methyl sites for hydroxylation is 1. The number of hydrogen-bond acceptors (Lipinski definition) is 7. The number of nitrogens with zero attached hydrogens (tertiary/aromatic N) is 6. The highest BCUT2D eigenvalue weighted by Crippen LogP contribution is 2.24. The fraction of sp³-hybridized carbons (Fsp3) is 0.294. The molecule has 0 atom stereocenters. The lowest BCUT2D eigenvalue weighted by Crippen LogP contribution is -2.51. The first-order chi connectivity index (χ1) is 13.0. The molecule has 4 rings (SSSR count). The van der Waals surface area contributed by atoms with Crippen LogP contribution in [0.25, 0.3) is 11.3 Å². The van der Waals surface area contributed by atoms with Crippen molar-refractivity contribution < 1.29 is 8.42 Å². The summed E-state index contributed by atoms with van der Waals surface area (Å²) in [7, 11) is -1.83. The Morgan fingerprint density at radius 1 is 1.15 bits per heavy atom.